The van der Waals surface area contributed by atoms with Gasteiger partial charge in [-0.1, -0.05) is 5.16 Å². The van der Waals surface area contributed by atoms with E-state index in [1.165, 1.54) is 12.1 Å². The lowest BCUT2D eigenvalue weighted by molar-refractivity contribution is 0.317. The van der Waals surface area contributed by atoms with Crippen molar-refractivity contribution in [2.75, 3.05) is 11.9 Å². The van der Waals surface area contributed by atoms with Crippen LogP contribution in [-0.4, -0.2) is 17.6 Å². The van der Waals surface area contributed by atoms with Gasteiger partial charge in [-0.15, -0.1) is 0 Å². The fraction of sp³-hybridized carbons (Fsp3) is 0.125. The van der Waals surface area contributed by atoms with Gasteiger partial charge in [0.25, 0.3) is 0 Å². The third kappa shape index (κ3) is 3.02. The van der Waals surface area contributed by atoms with Crippen LogP contribution in [0, 0.1) is 9.39 Å². The fourth-order valence-corrected chi connectivity index (χ4v) is 1.52. The molecule has 0 spiro atoms. The first-order valence-electron chi connectivity index (χ1n) is 3.79. The average molecular weight is 309 g/mol. The molecule has 0 unspecified atom stereocenters. The van der Waals surface area contributed by atoms with Crippen LogP contribution in [-0.2, 0) is 0 Å². The Labute approximate surface area is 94.1 Å². The van der Waals surface area contributed by atoms with Gasteiger partial charge in [-0.25, -0.2) is 4.39 Å². The number of hydrogen-bond acceptors (Lipinski definition) is 3. The third-order valence-corrected chi connectivity index (χ3v) is 2.41. The third-order valence-electron chi connectivity index (χ3n) is 1.52. The number of oxime groups is 1. The molecule has 0 aliphatic carbocycles. The van der Waals surface area contributed by atoms with Crippen molar-refractivity contribution in [2.24, 2.45) is 10.9 Å². The molecular weight excluding hydrogens is 300 g/mol. The smallest absolute Gasteiger partial charge is 0.158 e. The van der Waals surface area contributed by atoms with E-state index in [-0.39, 0.29) is 18.2 Å². The summed E-state index contributed by atoms with van der Waals surface area (Å²) in [7, 11) is 0. The minimum atomic E-state index is -0.288. The highest BCUT2D eigenvalue weighted by Gasteiger charge is 2.01. The summed E-state index contributed by atoms with van der Waals surface area (Å²) >= 11 is 2.00. The van der Waals surface area contributed by atoms with E-state index in [2.05, 4.69) is 10.5 Å². The summed E-state index contributed by atoms with van der Waals surface area (Å²) in [5.41, 5.74) is 6.01. The Hall–Kier alpha value is -1.05. The van der Waals surface area contributed by atoms with Gasteiger partial charge in [-0.3, -0.25) is 0 Å². The van der Waals surface area contributed by atoms with Crippen LogP contribution < -0.4 is 11.1 Å². The minimum absolute atomic E-state index is 0.0742. The van der Waals surface area contributed by atoms with E-state index < -0.39 is 0 Å². The summed E-state index contributed by atoms with van der Waals surface area (Å²) in [6.07, 6.45) is 0. The second-order valence-corrected chi connectivity index (χ2v) is 3.73. The van der Waals surface area contributed by atoms with Crippen LogP contribution in [0.5, 0.6) is 0 Å². The van der Waals surface area contributed by atoms with Crippen molar-refractivity contribution in [3.63, 3.8) is 0 Å². The molecule has 0 bridgehead atoms. The van der Waals surface area contributed by atoms with E-state index >= 15 is 0 Å². The molecule has 76 valence electrons. The first-order chi connectivity index (χ1) is 6.63. The van der Waals surface area contributed by atoms with Crippen LogP contribution in [0.3, 0.4) is 0 Å². The zero-order valence-electron chi connectivity index (χ0n) is 7.17. The van der Waals surface area contributed by atoms with Gasteiger partial charge in [0.2, 0.25) is 0 Å². The Morgan fingerprint density at radius 2 is 2.36 bits per heavy atom. The maximum atomic E-state index is 12.7. The number of amidine groups is 1. The van der Waals surface area contributed by atoms with Gasteiger partial charge in [0.1, 0.15) is 5.82 Å². The molecular formula is C8H9FIN3O. The SMILES string of the molecule is NC(CNc1ccc(F)cc1I)=NO. The number of nitrogens with one attached hydrogen (secondary N) is 1. The monoisotopic (exact) mass is 309 g/mol. The summed E-state index contributed by atoms with van der Waals surface area (Å²) in [5, 5.41) is 14.0. The van der Waals surface area contributed by atoms with E-state index in [1.807, 2.05) is 22.6 Å². The second-order valence-electron chi connectivity index (χ2n) is 2.57. The largest absolute Gasteiger partial charge is 0.409 e. The summed E-state index contributed by atoms with van der Waals surface area (Å²) in [4.78, 5) is 0. The van der Waals surface area contributed by atoms with Gasteiger partial charge in [-0.05, 0) is 40.8 Å². The summed E-state index contributed by atoms with van der Waals surface area (Å²) < 4.78 is 13.4. The molecule has 0 aliphatic heterocycles. The van der Waals surface area contributed by atoms with Gasteiger partial charge >= 0.3 is 0 Å². The topological polar surface area (TPSA) is 70.6 Å². The Bertz CT molecular complexity index is 356. The molecule has 0 amide bonds. The molecule has 1 aromatic carbocycles. The summed E-state index contributed by atoms with van der Waals surface area (Å²) in [5.74, 6) is -0.214. The molecule has 14 heavy (non-hydrogen) atoms. The quantitative estimate of drug-likeness (QED) is 0.261. The van der Waals surface area contributed by atoms with E-state index in [0.717, 1.165) is 9.26 Å². The molecule has 0 saturated carbocycles. The standard InChI is InChI=1S/C8H9FIN3O/c9-5-1-2-7(6(10)3-5)12-4-8(11)13-14/h1-3,12,14H,4H2,(H2,11,13). The molecule has 0 fully saturated rings. The van der Waals surface area contributed by atoms with E-state index in [0.29, 0.717) is 0 Å². The average Bonchev–Trinajstić information content (AvgIpc) is 2.16. The van der Waals surface area contributed by atoms with Crippen molar-refractivity contribution >= 4 is 34.1 Å². The Morgan fingerprint density at radius 3 is 2.93 bits per heavy atom. The van der Waals surface area contributed by atoms with Crippen molar-refractivity contribution in [3.8, 4) is 0 Å². The van der Waals surface area contributed by atoms with E-state index in [4.69, 9.17) is 10.9 Å². The molecule has 1 aromatic rings. The van der Waals surface area contributed by atoms with Crippen LogP contribution in [0.15, 0.2) is 23.4 Å². The van der Waals surface area contributed by atoms with Gasteiger partial charge in [0.05, 0.1) is 6.54 Å². The highest BCUT2D eigenvalue weighted by atomic mass is 127. The first kappa shape index (κ1) is 11.0. The van der Waals surface area contributed by atoms with E-state index in [1.54, 1.807) is 6.07 Å². The maximum Gasteiger partial charge on any atom is 0.158 e. The molecule has 0 aliphatic rings. The molecule has 0 radical (unpaired) electrons. The Kier molecular flexibility index (Phi) is 3.93. The van der Waals surface area contributed by atoms with Crippen molar-refractivity contribution in [1.82, 2.24) is 0 Å². The van der Waals surface area contributed by atoms with E-state index in [9.17, 15) is 4.39 Å². The number of nitrogens with two attached hydrogens (primary N) is 1. The number of halogens is 2. The zero-order valence-corrected chi connectivity index (χ0v) is 9.32. The number of anilines is 1. The van der Waals surface area contributed by atoms with Gasteiger partial charge in [0, 0.05) is 9.26 Å². The molecule has 0 atom stereocenters. The number of benzene rings is 1. The molecule has 0 saturated heterocycles. The van der Waals surface area contributed by atoms with Crippen LogP contribution in [0.25, 0.3) is 0 Å². The first-order valence-corrected chi connectivity index (χ1v) is 4.86. The minimum Gasteiger partial charge on any atom is -0.409 e. The predicted octanol–water partition coefficient (Wildman–Crippen LogP) is 1.59. The maximum absolute atomic E-state index is 12.7. The molecule has 4 nitrogen and oxygen atoms in total. The van der Waals surface area contributed by atoms with Gasteiger partial charge in [0.15, 0.2) is 5.84 Å². The lowest BCUT2D eigenvalue weighted by Crippen LogP contribution is -2.22. The van der Waals surface area contributed by atoms with Crippen molar-refractivity contribution in [1.29, 1.82) is 0 Å². The highest BCUT2D eigenvalue weighted by Crippen LogP contribution is 2.18. The zero-order chi connectivity index (χ0) is 10.6. The molecule has 0 aromatic heterocycles. The van der Waals surface area contributed by atoms with Crippen molar-refractivity contribution in [2.45, 2.75) is 0 Å². The Morgan fingerprint density at radius 1 is 1.64 bits per heavy atom. The molecule has 0 heterocycles. The van der Waals surface area contributed by atoms with Crippen LogP contribution in [0.2, 0.25) is 0 Å². The van der Waals surface area contributed by atoms with Crippen LogP contribution >= 0.6 is 22.6 Å². The molecule has 6 heteroatoms. The van der Waals surface area contributed by atoms with Gasteiger partial charge in [-0.2, -0.15) is 0 Å². The number of rotatable bonds is 3. The van der Waals surface area contributed by atoms with Crippen molar-refractivity contribution in [3.05, 3.63) is 27.6 Å². The predicted molar refractivity (Wildman–Crippen MR) is 61.0 cm³/mol. The highest BCUT2D eigenvalue weighted by molar-refractivity contribution is 14.1. The second kappa shape index (κ2) is 4.99. The fourth-order valence-electron chi connectivity index (χ4n) is 0.854. The number of nitrogens with zero attached hydrogens (tertiary/aromatic N) is 1. The number of hydrogen-bond donors (Lipinski definition) is 3. The normalized spacial score (nSPS) is 11.4. The van der Waals surface area contributed by atoms with Gasteiger partial charge < -0.3 is 16.3 Å². The molecule has 4 N–H and O–H groups in total. The summed E-state index contributed by atoms with van der Waals surface area (Å²) in [6.45, 7) is 0.220. The van der Waals surface area contributed by atoms with Crippen LogP contribution in [0.4, 0.5) is 10.1 Å². The lowest BCUT2D eigenvalue weighted by Gasteiger charge is -2.06. The lowest BCUT2D eigenvalue weighted by atomic mass is 10.3. The molecule has 1 rings (SSSR count). The van der Waals surface area contributed by atoms with Crippen LogP contribution in [0.1, 0.15) is 0 Å². The summed E-state index contributed by atoms with van der Waals surface area (Å²) in [6, 6.07) is 4.34. The van der Waals surface area contributed by atoms with Crippen molar-refractivity contribution < 1.29 is 9.60 Å². The Balaban J connectivity index is 2.68.